The van der Waals surface area contributed by atoms with E-state index in [4.69, 9.17) is 14.2 Å². The largest absolute Gasteiger partial charge is 0.494 e. The molecule has 1 saturated heterocycles. The second-order valence-electron chi connectivity index (χ2n) is 8.03. The van der Waals surface area contributed by atoms with Gasteiger partial charge in [0.2, 0.25) is 10.0 Å². The monoisotopic (exact) mass is 476 g/mol. The molecular weight excluding hydrogens is 444 g/mol. The smallest absolute Gasteiger partial charge is 0.262 e. The Bertz CT molecular complexity index is 1030. The third-order valence-electron chi connectivity index (χ3n) is 5.05. The van der Waals surface area contributed by atoms with E-state index in [1.165, 1.54) is 16.4 Å². The van der Waals surface area contributed by atoms with Crippen LogP contribution in [0.5, 0.6) is 17.2 Å². The van der Waals surface area contributed by atoms with Gasteiger partial charge in [-0.1, -0.05) is 6.42 Å². The van der Waals surface area contributed by atoms with Crippen molar-refractivity contribution in [2.45, 2.75) is 51.0 Å². The average Bonchev–Trinajstić information content (AvgIpc) is 2.80. The van der Waals surface area contributed by atoms with Gasteiger partial charge in [-0.25, -0.2) is 8.42 Å². The number of carbonyl (C=O) groups is 1. The maximum absolute atomic E-state index is 13.1. The molecule has 0 saturated carbocycles. The van der Waals surface area contributed by atoms with Crippen molar-refractivity contribution in [3.8, 4) is 17.2 Å². The van der Waals surface area contributed by atoms with Crippen molar-refractivity contribution < 1.29 is 27.4 Å². The number of rotatable bonds is 10. The molecule has 2 aromatic carbocycles. The first-order valence-corrected chi connectivity index (χ1v) is 12.7. The van der Waals surface area contributed by atoms with Crippen molar-refractivity contribution in [2.75, 3.05) is 31.6 Å². The van der Waals surface area contributed by atoms with E-state index in [0.29, 0.717) is 36.9 Å². The van der Waals surface area contributed by atoms with Gasteiger partial charge in [0, 0.05) is 13.1 Å². The molecule has 3 rings (SSSR count). The summed E-state index contributed by atoms with van der Waals surface area (Å²) in [6.07, 6.45) is 2.58. The lowest BCUT2D eigenvalue weighted by Crippen LogP contribution is -2.35. The molecule has 1 aliphatic rings. The number of anilines is 1. The SMILES string of the molecule is CCOc1ccc(OCC(=O)Nc2cc(S(=O)(=O)N3CCCCC3)ccc2OC(C)C)cc1. The topological polar surface area (TPSA) is 94.2 Å². The molecule has 0 radical (unpaired) electrons. The number of amides is 1. The molecule has 2 aromatic rings. The third-order valence-corrected chi connectivity index (χ3v) is 6.94. The number of benzene rings is 2. The van der Waals surface area contributed by atoms with Crippen LogP contribution in [0, 0.1) is 0 Å². The van der Waals surface area contributed by atoms with Gasteiger partial charge in [-0.15, -0.1) is 0 Å². The number of piperidine rings is 1. The second-order valence-corrected chi connectivity index (χ2v) is 9.97. The summed E-state index contributed by atoms with van der Waals surface area (Å²) in [4.78, 5) is 12.7. The molecule has 0 aliphatic carbocycles. The van der Waals surface area contributed by atoms with Crippen LogP contribution in [-0.2, 0) is 14.8 Å². The molecule has 180 valence electrons. The zero-order valence-corrected chi connectivity index (χ0v) is 20.2. The maximum atomic E-state index is 13.1. The van der Waals surface area contributed by atoms with E-state index in [9.17, 15) is 13.2 Å². The Hall–Kier alpha value is -2.78. The molecule has 0 atom stereocenters. The van der Waals surface area contributed by atoms with Crippen molar-refractivity contribution in [1.29, 1.82) is 0 Å². The molecular formula is C24H32N2O6S. The van der Waals surface area contributed by atoms with Crippen LogP contribution in [-0.4, -0.2) is 51.0 Å². The predicted molar refractivity (Wildman–Crippen MR) is 127 cm³/mol. The van der Waals surface area contributed by atoms with Gasteiger partial charge in [-0.05, 0) is 76.1 Å². The average molecular weight is 477 g/mol. The van der Waals surface area contributed by atoms with Crippen LogP contribution in [0.1, 0.15) is 40.0 Å². The first-order chi connectivity index (χ1) is 15.8. The van der Waals surface area contributed by atoms with Gasteiger partial charge in [-0.2, -0.15) is 4.31 Å². The van der Waals surface area contributed by atoms with Crippen LogP contribution in [0.4, 0.5) is 5.69 Å². The van der Waals surface area contributed by atoms with Crippen LogP contribution in [0.25, 0.3) is 0 Å². The highest BCUT2D eigenvalue weighted by molar-refractivity contribution is 7.89. The number of nitrogens with zero attached hydrogens (tertiary/aromatic N) is 1. The number of ether oxygens (including phenoxy) is 3. The van der Waals surface area contributed by atoms with Crippen LogP contribution in [0.3, 0.4) is 0 Å². The molecule has 1 amide bonds. The molecule has 1 aliphatic heterocycles. The Kier molecular flexibility index (Phi) is 8.57. The van der Waals surface area contributed by atoms with Crippen LogP contribution in [0.15, 0.2) is 47.4 Å². The van der Waals surface area contributed by atoms with Crippen LogP contribution < -0.4 is 19.5 Å². The lowest BCUT2D eigenvalue weighted by Gasteiger charge is -2.26. The first-order valence-electron chi connectivity index (χ1n) is 11.3. The molecule has 0 bridgehead atoms. The number of hydrogen-bond acceptors (Lipinski definition) is 6. The normalized spacial score (nSPS) is 14.7. The molecule has 1 N–H and O–H groups in total. The van der Waals surface area contributed by atoms with Crippen LogP contribution >= 0.6 is 0 Å². The fraction of sp³-hybridized carbons (Fsp3) is 0.458. The van der Waals surface area contributed by atoms with Gasteiger partial charge in [0.25, 0.3) is 5.91 Å². The van der Waals surface area contributed by atoms with Crippen LogP contribution in [0.2, 0.25) is 0 Å². The van der Waals surface area contributed by atoms with Crippen molar-refractivity contribution >= 4 is 21.6 Å². The minimum absolute atomic E-state index is 0.128. The second kappa shape index (κ2) is 11.4. The zero-order valence-electron chi connectivity index (χ0n) is 19.4. The standard InChI is InChI=1S/C24H32N2O6S/c1-4-30-19-8-10-20(11-9-19)31-17-24(27)25-22-16-21(12-13-23(22)32-18(2)3)33(28,29)26-14-6-5-7-15-26/h8-13,16,18H,4-7,14-15,17H2,1-3H3,(H,25,27). The zero-order chi connectivity index (χ0) is 23.8. The maximum Gasteiger partial charge on any atom is 0.262 e. The van der Waals surface area contributed by atoms with Gasteiger partial charge in [-0.3, -0.25) is 4.79 Å². The predicted octanol–water partition coefficient (Wildman–Crippen LogP) is 4.06. The summed E-state index contributed by atoms with van der Waals surface area (Å²) >= 11 is 0. The minimum Gasteiger partial charge on any atom is -0.494 e. The quantitative estimate of drug-likeness (QED) is 0.556. The Morgan fingerprint density at radius 1 is 1.00 bits per heavy atom. The minimum atomic E-state index is -3.65. The van der Waals surface area contributed by atoms with E-state index < -0.39 is 15.9 Å². The highest BCUT2D eigenvalue weighted by atomic mass is 32.2. The van der Waals surface area contributed by atoms with Crippen molar-refractivity contribution in [3.05, 3.63) is 42.5 Å². The lowest BCUT2D eigenvalue weighted by atomic mass is 10.2. The Morgan fingerprint density at radius 2 is 1.64 bits per heavy atom. The summed E-state index contributed by atoms with van der Waals surface area (Å²) in [5.74, 6) is 1.22. The van der Waals surface area contributed by atoms with E-state index in [-0.39, 0.29) is 17.6 Å². The van der Waals surface area contributed by atoms with Gasteiger partial charge >= 0.3 is 0 Å². The third kappa shape index (κ3) is 6.85. The number of hydrogen-bond donors (Lipinski definition) is 1. The Balaban J connectivity index is 1.73. The number of sulfonamides is 1. The summed E-state index contributed by atoms with van der Waals surface area (Å²) in [5.41, 5.74) is 0.294. The highest BCUT2D eigenvalue weighted by Crippen LogP contribution is 2.31. The highest BCUT2D eigenvalue weighted by Gasteiger charge is 2.27. The van der Waals surface area contributed by atoms with Crippen molar-refractivity contribution in [1.82, 2.24) is 4.31 Å². The molecule has 0 spiro atoms. The summed E-state index contributed by atoms with van der Waals surface area (Å²) in [7, 11) is -3.65. The molecule has 0 aromatic heterocycles. The molecule has 33 heavy (non-hydrogen) atoms. The van der Waals surface area contributed by atoms with Crippen molar-refractivity contribution in [2.24, 2.45) is 0 Å². The van der Waals surface area contributed by atoms with Gasteiger partial charge in [0.1, 0.15) is 17.2 Å². The van der Waals surface area contributed by atoms with Crippen molar-refractivity contribution in [3.63, 3.8) is 0 Å². The molecule has 1 heterocycles. The summed E-state index contributed by atoms with van der Waals surface area (Å²) < 4.78 is 44.4. The number of nitrogens with one attached hydrogen (secondary N) is 1. The van der Waals surface area contributed by atoms with E-state index in [1.807, 2.05) is 20.8 Å². The first kappa shape index (κ1) is 24.9. The van der Waals surface area contributed by atoms with E-state index >= 15 is 0 Å². The Labute approximate surface area is 195 Å². The molecule has 0 unspecified atom stereocenters. The molecule has 9 heteroatoms. The lowest BCUT2D eigenvalue weighted by molar-refractivity contribution is -0.118. The summed E-state index contributed by atoms with van der Waals surface area (Å²) in [5, 5.41) is 2.74. The van der Waals surface area contributed by atoms with Gasteiger partial charge in [0.15, 0.2) is 6.61 Å². The molecule has 8 nitrogen and oxygen atoms in total. The number of carbonyl (C=O) groups excluding carboxylic acids is 1. The molecule has 1 fully saturated rings. The fourth-order valence-corrected chi connectivity index (χ4v) is 5.06. The van der Waals surface area contributed by atoms with Gasteiger partial charge < -0.3 is 19.5 Å². The Morgan fingerprint density at radius 3 is 2.24 bits per heavy atom. The summed E-state index contributed by atoms with van der Waals surface area (Å²) in [6.45, 7) is 6.96. The van der Waals surface area contributed by atoms with E-state index in [1.54, 1.807) is 30.3 Å². The summed E-state index contributed by atoms with van der Waals surface area (Å²) in [6, 6.07) is 11.5. The van der Waals surface area contributed by atoms with E-state index in [2.05, 4.69) is 5.32 Å². The fourth-order valence-electron chi connectivity index (χ4n) is 3.51. The van der Waals surface area contributed by atoms with E-state index in [0.717, 1.165) is 25.0 Å². The van der Waals surface area contributed by atoms with Gasteiger partial charge in [0.05, 0.1) is 23.3 Å².